The molecule has 0 saturated heterocycles. The molecule has 1 aliphatic rings. The number of methoxy groups -OCH3 is 1. The standard InChI is InChI=1S/C21H25NO4S/c1-13(2)26-21(24)18-15-10-5-4-6-12-17(15)27-20(18)22-19(23)14-9-7-8-11-16(14)25-3/h7-9,11,13H,4-6,10,12H2,1-3H3,(H,22,23). The van der Waals surface area contributed by atoms with Crippen LogP contribution in [0, 0.1) is 0 Å². The van der Waals surface area contributed by atoms with Crippen LogP contribution in [0.5, 0.6) is 5.75 Å². The second kappa shape index (κ2) is 8.57. The van der Waals surface area contributed by atoms with Gasteiger partial charge in [-0.1, -0.05) is 18.6 Å². The van der Waals surface area contributed by atoms with Crippen molar-refractivity contribution in [3.8, 4) is 5.75 Å². The van der Waals surface area contributed by atoms with Crippen molar-refractivity contribution in [3.05, 3.63) is 45.8 Å². The average Bonchev–Trinajstić information content (AvgIpc) is 2.81. The minimum Gasteiger partial charge on any atom is -0.496 e. The molecule has 0 unspecified atom stereocenters. The van der Waals surface area contributed by atoms with Crippen LogP contribution in [0.1, 0.15) is 64.3 Å². The predicted molar refractivity (Wildman–Crippen MR) is 107 cm³/mol. The number of esters is 1. The van der Waals surface area contributed by atoms with E-state index in [0.717, 1.165) is 37.7 Å². The van der Waals surface area contributed by atoms with Gasteiger partial charge in [-0.3, -0.25) is 4.79 Å². The SMILES string of the molecule is COc1ccccc1C(=O)Nc1sc2c(c1C(=O)OC(C)C)CCCCC2. The summed E-state index contributed by atoms with van der Waals surface area (Å²) in [6, 6.07) is 7.05. The maximum absolute atomic E-state index is 12.8. The van der Waals surface area contributed by atoms with Crippen molar-refractivity contribution in [2.75, 3.05) is 12.4 Å². The highest BCUT2D eigenvalue weighted by Crippen LogP contribution is 2.38. The number of amides is 1. The maximum atomic E-state index is 12.8. The molecule has 5 nitrogen and oxygen atoms in total. The van der Waals surface area contributed by atoms with Gasteiger partial charge in [0.05, 0.1) is 24.3 Å². The van der Waals surface area contributed by atoms with Crippen molar-refractivity contribution in [1.29, 1.82) is 0 Å². The van der Waals surface area contributed by atoms with Crippen molar-refractivity contribution < 1.29 is 19.1 Å². The summed E-state index contributed by atoms with van der Waals surface area (Å²) in [4.78, 5) is 26.8. The van der Waals surface area contributed by atoms with Crippen molar-refractivity contribution in [3.63, 3.8) is 0 Å². The van der Waals surface area contributed by atoms with E-state index in [0.29, 0.717) is 21.9 Å². The topological polar surface area (TPSA) is 64.6 Å². The maximum Gasteiger partial charge on any atom is 0.341 e. The van der Waals surface area contributed by atoms with E-state index in [4.69, 9.17) is 9.47 Å². The molecule has 0 saturated carbocycles. The molecule has 1 aromatic carbocycles. The Balaban J connectivity index is 1.96. The highest BCUT2D eigenvalue weighted by atomic mass is 32.1. The Bertz CT molecular complexity index is 841. The summed E-state index contributed by atoms with van der Waals surface area (Å²) in [7, 11) is 1.53. The van der Waals surface area contributed by atoms with Gasteiger partial charge in [-0.15, -0.1) is 11.3 Å². The molecule has 0 aliphatic heterocycles. The predicted octanol–water partition coefficient (Wildman–Crippen LogP) is 4.84. The number of nitrogens with one attached hydrogen (secondary N) is 1. The van der Waals surface area contributed by atoms with Gasteiger partial charge in [0.15, 0.2) is 0 Å². The van der Waals surface area contributed by atoms with Gasteiger partial charge in [0.1, 0.15) is 10.8 Å². The van der Waals surface area contributed by atoms with Crippen LogP contribution in [0.2, 0.25) is 0 Å². The lowest BCUT2D eigenvalue weighted by molar-refractivity contribution is 0.0378. The number of carbonyl (C=O) groups is 2. The van der Waals surface area contributed by atoms with Gasteiger partial charge >= 0.3 is 5.97 Å². The van der Waals surface area contributed by atoms with Crippen LogP contribution in [-0.4, -0.2) is 25.1 Å². The number of hydrogen-bond acceptors (Lipinski definition) is 5. The third-order valence-corrected chi connectivity index (χ3v) is 5.75. The molecule has 0 bridgehead atoms. The monoisotopic (exact) mass is 387 g/mol. The Labute approximate surface area is 163 Å². The number of ether oxygens (including phenoxy) is 2. The summed E-state index contributed by atoms with van der Waals surface area (Å²) < 4.78 is 10.7. The molecule has 1 aliphatic carbocycles. The molecule has 0 spiro atoms. The van der Waals surface area contributed by atoms with Crippen LogP contribution in [0.4, 0.5) is 5.00 Å². The van der Waals surface area contributed by atoms with E-state index >= 15 is 0 Å². The lowest BCUT2D eigenvalue weighted by Gasteiger charge is -2.12. The van der Waals surface area contributed by atoms with Crippen molar-refractivity contribution in [2.45, 2.75) is 52.1 Å². The summed E-state index contributed by atoms with van der Waals surface area (Å²) in [5, 5.41) is 3.50. The highest BCUT2D eigenvalue weighted by Gasteiger charge is 2.27. The van der Waals surface area contributed by atoms with Crippen LogP contribution in [-0.2, 0) is 17.6 Å². The van der Waals surface area contributed by atoms with Crippen LogP contribution >= 0.6 is 11.3 Å². The number of benzene rings is 1. The molecular weight excluding hydrogens is 362 g/mol. The zero-order chi connectivity index (χ0) is 19.4. The summed E-state index contributed by atoms with van der Waals surface area (Å²) in [6.07, 6.45) is 4.88. The first-order valence-electron chi connectivity index (χ1n) is 9.31. The molecule has 1 amide bonds. The zero-order valence-corrected chi connectivity index (χ0v) is 16.8. The van der Waals surface area contributed by atoms with Crippen LogP contribution in [0.15, 0.2) is 24.3 Å². The van der Waals surface area contributed by atoms with Crippen molar-refractivity contribution in [2.24, 2.45) is 0 Å². The average molecular weight is 388 g/mol. The molecule has 6 heteroatoms. The Hall–Kier alpha value is -2.34. The lowest BCUT2D eigenvalue weighted by Crippen LogP contribution is -2.17. The molecular formula is C21H25NO4S. The van der Waals surface area contributed by atoms with Gasteiger partial charge in [-0.2, -0.15) is 0 Å². The van der Waals surface area contributed by atoms with Gasteiger partial charge in [0, 0.05) is 4.88 Å². The van der Waals surface area contributed by atoms with E-state index in [1.165, 1.54) is 23.3 Å². The first-order valence-corrected chi connectivity index (χ1v) is 10.1. The second-order valence-corrected chi connectivity index (χ2v) is 7.98. The van der Waals surface area contributed by atoms with E-state index in [-0.39, 0.29) is 18.0 Å². The number of thiophene rings is 1. The minimum absolute atomic E-state index is 0.211. The molecule has 1 N–H and O–H groups in total. The fourth-order valence-corrected chi connectivity index (χ4v) is 4.59. The van der Waals surface area contributed by atoms with E-state index < -0.39 is 0 Å². The molecule has 3 rings (SSSR count). The summed E-state index contributed by atoms with van der Waals surface area (Å²) in [6.45, 7) is 3.66. The number of rotatable bonds is 5. The first-order chi connectivity index (χ1) is 13.0. The van der Waals surface area contributed by atoms with Crippen LogP contribution in [0.25, 0.3) is 0 Å². The molecule has 0 radical (unpaired) electrons. The number of fused-ring (bicyclic) bond motifs is 1. The molecule has 0 fully saturated rings. The Morgan fingerprint density at radius 3 is 2.59 bits per heavy atom. The van der Waals surface area contributed by atoms with E-state index in [9.17, 15) is 9.59 Å². The largest absolute Gasteiger partial charge is 0.496 e. The summed E-state index contributed by atoms with van der Waals surface area (Å²) in [5.41, 5.74) is 2.00. The second-order valence-electron chi connectivity index (χ2n) is 6.88. The Morgan fingerprint density at radius 2 is 1.85 bits per heavy atom. The van der Waals surface area contributed by atoms with Gasteiger partial charge < -0.3 is 14.8 Å². The number of anilines is 1. The fraction of sp³-hybridized carbons (Fsp3) is 0.429. The normalized spacial score (nSPS) is 13.6. The quantitative estimate of drug-likeness (QED) is 0.589. The van der Waals surface area contributed by atoms with Crippen molar-refractivity contribution in [1.82, 2.24) is 0 Å². The Kier molecular flexibility index (Phi) is 6.16. The number of para-hydroxylation sites is 1. The first kappa shape index (κ1) is 19.4. The Morgan fingerprint density at radius 1 is 1.11 bits per heavy atom. The van der Waals surface area contributed by atoms with E-state index in [2.05, 4.69) is 5.32 Å². The molecule has 2 aromatic rings. The molecule has 27 heavy (non-hydrogen) atoms. The molecule has 144 valence electrons. The third kappa shape index (κ3) is 4.33. The van der Waals surface area contributed by atoms with Crippen LogP contribution in [0.3, 0.4) is 0 Å². The number of aryl methyl sites for hydroxylation is 1. The van der Waals surface area contributed by atoms with Gasteiger partial charge in [0.25, 0.3) is 5.91 Å². The molecule has 1 aromatic heterocycles. The van der Waals surface area contributed by atoms with Gasteiger partial charge in [-0.05, 0) is 57.2 Å². The van der Waals surface area contributed by atoms with Crippen LogP contribution < -0.4 is 10.1 Å². The zero-order valence-electron chi connectivity index (χ0n) is 16.0. The third-order valence-electron chi connectivity index (χ3n) is 4.55. The van der Waals surface area contributed by atoms with Crippen molar-refractivity contribution >= 4 is 28.2 Å². The smallest absolute Gasteiger partial charge is 0.341 e. The number of carbonyl (C=O) groups excluding carboxylic acids is 2. The van der Waals surface area contributed by atoms with E-state index in [1.807, 2.05) is 19.9 Å². The van der Waals surface area contributed by atoms with E-state index in [1.54, 1.807) is 18.2 Å². The minimum atomic E-state index is -0.361. The number of hydrogen-bond donors (Lipinski definition) is 1. The lowest BCUT2D eigenvalue weighted by atomic mass is 10.1. The summed E-state index contributed by atoms with van der Waals surface area (Å²) in [5.74, 6) is -0.151. The molecule has 1 heterocycles. The summed E-state index contributed by atoms with van der Waals surface area (Å²) >= 11 is 1.49. The van der Waals surface area contributed by atoms with Gasteiger partial charge in [-0.25, -0.2) is 4.79 Å². The highest BCUT2D eigenvalue weighted by molar-refractivity contribution is 7.17. The molecule has 0 atom stereocenters. The fourth-order valence-electron chi connectivity index (χ4n) is 3.32. The van der Waals surface area contributed by atoms with Gasteiger partial charge in [0.2, 0.25) is 0 Å².